The number of thiazole rings is 1. The molecule has 0 aliphatic carbocycles. The third-order valence-corrected chi connectivity index (χ3v) is 3.69. The lowest BCUT2D eigenvalue weighted by Gasteiger charge is -2.11. The summed E-state index contributed by atoms with van der Waals surface area (Å²) in [7, 11) is 1.79. The molecule has 106 valence electrons. The number of guanidine groups is 1. The van der Waals surface area contributed by atoms with Crippen molar-refractivity contribution < 1.29 is 0 Å². The minimum atomic E-state index is 0.774. The van der Waals surface area contributed by atoms with Gasteiger partial charge < -0.3 is 10.6 Å². The van der Waals surface area contributed by atoms with Gasteiger partial charge >= 0.3 is 0 Å². The van der Waals surface area contributed by atoms with Crippen molar-refractivity contribution in [1.82, 2.24) is 15.6 Å². The highest BCUT2D eigenvalue weighted by Crippen LogP contribution is 2.07. The maximum Gasteiger partial charge on any atom is 0.191 e. The molecule has 0 amide bonds. The van der Waals surface area contributed by atoms with Crippen LogP contribution in [0, 0.1) is 6.92 Å². The number of aryl methyl sites for hydroxylation is 1. The van der Waals surface area contributed by atoms with Gasteiger partial charge in [-0.2, -0.15) is 0 Å². The van der Waals surface area contributed by atoms with Gasteiger partial charge in [-0.25, -0.2) is 4.98 Å². The van der Waals surface area contributed by atoms with E-state index in [0.717, 1.165) is 36.2 Å². The Labute approximate surface area is 124 Å². The average molecular weight is 288 g/mol. The van der Waals surface area contributed by atoms with Crippen LogP contribution in [-0.2, 0) is 13.0 Å². The van der Waals surface area contributed by atoms with E-state index in [9.17, 15) is 0 Å². The number of hydrogen-bond donors (Lipinski definition) is 2. The molecule has 5 heteroatoms. The Morgan fingerprint density at radius 2 is 2.05 bits per heavy atom. The number of hydrogen-bond acceptors (Lipinski definition) is 3. The first-order chi connectivity index (χ1) is 9.78. The summed E-state index contributed by atoms with van der Waals surface area (Å²) >= 11 is 1.69. The molecule has 2 rings (SSSR count). The molecule has 0 saturated carbocycles. The molecule has 0 atom stereocenters. The quantitative estimate of drug-likeness (QED) is 0.656. The van der Waals surface area contributed by atoms with Gasteiger partial charge in [-0.3, -0.25) is 4.99 Å². The second kappa shape index (κ2) is 7.65. The Balaban J connectivity index is 1.73. The van der Waals surface area contributed by atoms with Crippen molar-refractivity contribution in [1.29, 1.82) is 0 Å². The molecule has 1 aromatic carbocycles. The van der Waals surface area contributed by atoms with Gasteiger partial charge in [0.1, 0.15) is 0 Å². The van der Waals surface area contributed by atoms with E-state index in [0.29, 0.717) is 0 Å². The standard InChI is InChI=1S/C15H20N4S/c1-12-19-14(11-20-12)8-9-17-15(16-2)18-10-13-6-4-3-5-7-13/h3-7,11H,8-10H2,1-2H3,(H2,16,17,18). The van der Waals surface area contributed by atoms with Crippen LogP contribution in [0.15, 0.2) is 40.7 Å². The van der Waals surface area contributed by atoms with Crippen LogP contribution in [-0.4, -0.2) is 24.5 Å². The number of benzene rings is 1. The largest absolute Gasteiger partial charge is 0.356 e. The lowest BCUT2D eigenvalue weighted by molar-refractivity contribution is 0.786. The third kappa shape index (κ3) is 4.66. The number of nitrogens with zero attached hydrogens (tertiary/aromatic N) is 2. The first kappa shape index (κ1) is 14.5. The summed E-state index contributed by atoms with van der Waals surface area (Å²) in [5.74, 6) is 0.820. The van der Waals surface area contributed by atoms with E-state index >= 15 is 0 Å². The highest BCUT2D eigenvalue weighted by atomic mass is 32.1. The molecular formula is C15H20N4S. The van der Waals surface area contributed by atoms with Crippen LogP contribution in [0.2, 0.25) is 0 Å². The SMILES string of the molecule is CN=C(NCCc1csc(C)n1)NCc1ccccc1. The second-order valence-electron chi connectivity index (χ2n) is 4.45. The van der Waals surface area contributed by atoms with Gasteiger partial charge in [-0.15, -0.1) is 11.3 Å². The molecule has 1 aromatic heterocycles. The number of aliphatic imine (C=N–C) groups is 1. The molecule has 0 radical (unpaired) electrons. The lowest BCUT2D eigenvalue weighted by Crippen LogP contribution is -2.37. The lowest BCUT2D eigenvalue weighted by atomic mass is 10.2. The summed E-state index contributed by atoms with van der Waals surface area (Å²) in [6.07, 6.45) is 0.913. The molecule has 0 fully saturated rings. The zero-order valence-electron chi connectivity index (χ0n) is 11.9. The van der Waals surface area contributed by atoms with Gasteiger partial charge in [0.05, 0.1) is 10.7 Å². The van der Waals surface area contributed by atoms with Crippen molar-refractivity contribution in [3.05, 3.63) is 52.0 Å². The number of aromatic nitrogens is 1. The van der Waals surface area contributed by atoms with Crippen LogP contribution >= 0.6 is 11.3 Å². The fourth-order valence-corrected chi connectivity index (χ4v) is 2.48. The molecule has 2 aromatic rings. The summed E-state index contributed by atoms with van der Waals surface area (Å²) in [5, 5.41) is 9.82. The summed E-state index contributed by atoms with van der Waals surface area (Å²) in [6.45, 7) is 3.63. The highest BCUT2D eigenvalue weighted by Gasteiger charge is 2.00. The van der Waals surface area contributed by atoms with Gasteiger partial charge in [-0.1, -0.05) is 30.3 Å². The Morgan fingerprint density at radius 3 is 2.70 bits per heavy atom. The van der Waals surface area contributed by atoms with Gasteiger partial charge in [0.2, 0.25) is 0 Å². The number of nitrogens with one attached hydrogen (secondary N) is 2. The molecule has 20 heavy (non-hydrogen) atoms. The fourth-order valence-electron chi connectivity index (χ4n) is 1.83. The van der Waals surface area contributed by atoms with E-state index in [1.807, 2.05) is 25.1 Å². The number of rotatable bonds is 5. The third-order valence-electron chi connectivity index (χ3n) is 2.87. The normalized spacial score (nSPS) is 11.4. The topological polar surface area (TPSA) is 49.3 Å². The van der Waals surface area contributed by atoms with Gasteiger partial charge in [0, 0.05) is 31.9 Å². The van der Waals surface area contributed by atoms with Crippen LogP contribution in [0.1, 0.15) is 16.3 Å². The first-order valence-electron chi connectivity index (χ1n) is 6.67. The zero-order valence-corrected chi connectivity index (χ0v) is 12.7. The Morgan fingerprint density at radius 1 is 1.25 bits per heavy atom. The van der Waals surface area contributed by atoms with Crippen LogP contribution in [0.3, 0.4) is 0 Å². The van der Waals surface area contributed by atoms with Crippen LogP contribution in [0.25, 0.3) is 0 Å². The minimum Gasteiger partial charge on any atom is -0.356 e. The van der Waals surface area contributed by atoms with Crippen molar-refractivity contribution in [2.75, 3.05) is 13.6 Å². The highest BCUT2D eigenvalue weighted by molar-refractivity contribution is 7.09. The molecule has 4 nitrogen and oxygen atoms in total. The average Bonchev–Trinajstić information content (AvgIpc) is 2.89. The Bertz CT molecular complexity index is 548. The molecular weight excluding hydrogens is 268 g/mol. The Kier molecular flexibility index (Phi) is 5.55. The predicted molar refractivity (Wildman–Crippen MR) is 85.2 cm³/mol. The molecule has 0 aliphatic heterocycles. The second-order valence-corrected chi connectivity index (χ2v) is 5.51. The van der Waals surface area contributed by atoms with Crippen molar-refractivity contribution in [2.45, 2.75) is 19.9 Å². The predicted octanol–water partition coefficient (Wildman–Crippen LogP) is 2.36. The van der Waals surface area contributed by atoms with Gasteiger partial charge in [0.15, 0.2) is 5.96 Å². The summed E-state index contributed by atoms with van der Waals surface area (Å²) in [5.41, 5.74) is 2.38. The van der Waals surface area contributed by atoms with E-state index in [1.165, 1.54) is 5.56 Å². The molecule has 0 bridgehead atoms. The fraction of sp³-hybridized carbons (Fsp3) is 0.333. The van der Waals surface area contributed by atoms with E-state index in [2.05, 4.69) is 38.1 Å². The van der Waals surface area contributed by atoms with Gasteiger partial charge in [0.25, 0.3) is 0 Å². The molecule has 0 aliphatic rings. The van der Waals surface area contributed by atoms with Crippen LogP contribution in [0.5, 0.6) is 0 Å². The van der Waals surface area contributed by atoms with Crippen molar-refractivity contribution in [2.24, 2.45) is 4.99 Å². The Hall–Kier alpha value is -1.88. The molecule has 2 N–H and O–H groups in total. The van der Waals surface area contributed by atoms with Crippen LogP contribution < -0.4 is 10.6 Å². The van der Waals surface area contributed by atoms with E-state index in [-0.39, 0.29) is 0 Å². The zero-order chi connectivity index (χ0) is 14.2. The minimum absolute atomic E-state index is 0.774. The maximum absolute atomic E-state index is 4.45. The van der Waals surface area contributed by atoms with Crippen molar-refractivity contribution in [3.63, 3.8) is 0 Å². The van der Waals surface area contributed by atoms with E-state index in [1.54, 1.807) is 18.4 Å². The monoisotopic (exact) mass is 288 g/mol. The molecule has 1 heterocycles. The molecule has 0 saturated heterocycles. The first-order valence-corrected chi connectivity index (χ1v) is 7.55. The van der Waals surface area contributed by atoms with Gasteiger partial charge in [-0.05, 0) is 12.5 Å². The van der Waals surface area contributed by atoms with Crippen LogP contribution in [0.4, 0.5) is 0 Å². The van der Waals surface area contributed by atoms with E-state index in [4.69, 9.17) is 0 Å². The van der Waals surface area contributed by atoms with E-state index < -0.39 is 0 Å². The van der Waals surface area contributed by atoms with Crippen molar-refractivity contribution in [3.8, 4) is 0 Å². The molecule has 0 spiro atoms. The van der Waals surface area contributed by atoms with Crippen molar-refractivity contribution >= 4 is 17.3 Å². The maximum atomic E-state index is 4.45. The summed E-state index contributed by atoms with van der Waals surface area (Å²) in [4.78, 5) is 8.66. The molecule has 0 unspecified atom stereocenters. The summed E-state index contributed by atoms with van der Waals surface area (Å²) < 4.78 is 0. The summed E-state index contributed by atoms with van der Waals surface area (Å²) in [6, 6.07) is 10.3. The smallest absolute Gasteiger partial charge is 0.191 e.